The summed E-state index contributed by atoms with van der Waals surface area (Å²) >= 11 is 6.02. The number of hydrogen-bond donors (Lipinski definition) is 1. The molecule has 0 aliphatic carbocycles. The second-order valence-corrected chi connectivity index (χ2v) is 4.73. The first-order chi connectivity index (χ1) is 7.79. The van der Waals surface area contributed by atoms with Crippen LogP contribution in [0.2, 0.25) is 0 Å². The van der Waals surface area contributed by atoms with Crippen molar-refractivity contribution >= 4 is 17.5 Å². The van der Waals surface area contributed by atoms with Crippen LogP contribution in [0.4, 0.5) is 8.78 Å². The van der Waals surface area contributed by atoms with Gasteiger partial charge in [0.25, 0.3) is 5.92 Å². The zero-order valence-electron chi connectivity index (χ0n) is 9.79. The number of ether oxygens (including phenoxy) is 1. The molecule has 0 aromatic carbocycles. The van der Waals surface area contributed by atoms with Crippen LogP contribution in [0.3, 0.4) is 0 Å². The maximum atomic E-state index is 13.3. The molecule has 0 fully saturated rings. The molecule has 0 aromatic rings. The number of rotatable bonds is 2. The minimum absolute atomic E-state index is 0.0444. The third-order valence-electron chi connectivity index (χ3n) is 2.89. The number of alkyl halides is 3. The van der Waals surface area contributed by atoms with Crippen molar-refractivity contribution in [1.29, 1.82) is 0 Å². The van der Waals surface area contributed by atoms with Gasteiger partial charge in [0.15, 0.2) is 12.0 Å². The van der Waals surface area contributed by atoms with Crippen molar-refractivity contribution in [3.05, 3.63) is 0 Å². The zero-order chi connectivity index (χ0) is 13.2. The Labute approximate surface area is 105 Å². The van der Waals surface area contributed by atoms with Crippen molar-refractivity contribution in [2.24, 2.45) is 11.7 Å². The topological polar surface area (TPSA) is 38.3 Å². The molecule has 1 aliphatic rings. The zero-order valence-corrected chi connectivity index (χ0v) is 10.5. The molecule has 3 unspecified atom stereocenters. The van der Waals surface area contributed by atoms with Crippen molar-refractivity contribution in [1.82, 2.24) is 0 Å². The Hall–Kier alpha value is -0.860. The van der Waals surface area contributed by atoms with Gasteiger partial charge in [-0.25, -0.2) is 8.78 Å². The highest BCUT2D eigenvalue weighted by Crippen LogP contribution is 2.34. The van der Waals surface area contributed by atoms with Crippen LogP contribution in [0.25, 0.3) is 0 Å². The third kappa shape index (κ3) is 3.08. The number of terminal acetylenes is 1. The molecule has 1 aliphatic heterocycles. The number of nitrogens with two attached hydrogens (primary N) is 1. The van der Waals surface area contributed by atoms with Crippen molar-refractivity contribution in [2.45, 2.75) is 30.8 Å². The first-order valence-electron chi connectivity index (χ1n) is 5.22. The van der Waals surface area contributed by atoms with Gasteiger partial charge in [0, 0.05) is 0 Å². The maximum absolute atomic E-state index is 13.3. The molecule has 0 bridgehead atoms. The summed E-state index contributed by atoms with van der Waals surface area (Å²) in [6, 6.07) is 0. The highest BCUT2D eigenvalue weighted by Gasteiger charge is 2.50. The minimum Gasteiger partial charge on any atom is -0.434 e. The summed E-state index contributed by atoms with van der Waals surface area (Å²) in [4.78, 5) is 0. The monoisotopic (exact) mass is 265 g/mol. The van der Waals surface area contributed by atoms with E-state index in [4.69, 9.17) is 28.5 Å². The summed E-state index contributed by atoms with van der Waals surface area (Å²) in [6.45, 7) is 0.894. The average molecular weight is 266 g/mol. The van der Waals surface area contributed by atoms with Crippen LogP contribution in [0.1, 0.15) is 13.3 Å². The molecule has 3 atom stereocenters. The van der Waals surface area contributed by atoms with E-state index in [0.29, 0.717) is 5.90 Å². The predicted molar refractivity (Wildman–Crippen MR) is 62.3 cm³/mol. The van der Waals surface area contributed by atoms with E-state index in [2.05, 4.69) is 5.92 Å². The van der Waals surface area contributed by atoms with Crippen molar-refractivity contribution in [3.63, 3.8) is 0 Å². The van der Waals surface area contributed by atoms with Crippen LogP contribution in [0.5, 0.6) is 0 Å². The Morgan fingerprint density at radius 2 is 2.29 bits per heavy atom. The second kappa shape index (κ2) is 5.19. The SMILES string of the molecule is C#CCOC1=[N+](C)C(N)C(C(C)(F)F)CC1Cl. The first-order valence-corrected chi connectivity index (χ1v) is 5.66. The number of nitrogens with zero attached hydrogens (tertiary/aromatic N) is 1. The quantitative estimate of drug-likeness (QED) is 0.464. The van der Waals surface area contributed by atoms with Crippen molar-refractivity contribution in [2.75, 3.05) is 13.7 Å². The van der Waals surface area contributed by atoms with Gasteiger partial charge in [-0.3, -0.25) is 5.73 Å². The molecular formula is C11H16ClF2N2O+. The molecule has 0 spiro atoms. The van der Waals surface area contributed by atoms with E-state index in [-0.39, 0.29) is 13.0 Å². The van der Waals surface area contributed by atoms with Crippen molar-refractivity contribution < 1.29 is 18.1 Å². The van der Waals surface area contributed by atoms with Gasteiger partial charge in [-0.1, -0.05) is 5.92 Å². The van der Waals surface area contributed by atoms with Gasteiger partial charge in [0.2, 0.25) is 6.17 Å². The molecule has 1 rings (SSSR count). The Kier molecular flexibility index (Phi) is 4.34. The summed E-state index contributed by atoms with van der Waals surface area (Å²) < 4.78 is 33.3. The average Bonchev–Trinajstić information content (AvgIpc) is 2.22. The molecule has 0 amide bonds. The van der Waals surface area contributed by atoms with Crippen LogP contribution in [-0.4, -0.2) is 41.6 Å². The fraction of sp³-hybridized carbons (Fsp3) is 0.727. The Balaban J connectivity index is 2.96. The van der Waals surface area contributed by atoms with E-state index in [1.807, 2.05) is 0 Å². The minimum atomic E-state index is -2.88. The fourth-order valence-corrected chi connectivity index (χ4v) is 2.32. The number of hydrogen-bond acceptors (Lipinski definition) is 2. The Morgan fingerprint density at radius 3 is 2.76 bits per heavy atom. The first kappa shape index (κ1) is 14.2. The normalized spacial score (nSPS) is 30.1. The highest BCUT2D eigenvalue weighted by molar-refractivity contribution is 6.30. The lowest BCUT2D eigenvalue weighted by atomic mass is 9.90. The summed E-state index contributed by atoms with van der Waals surface area (Å²) in [7, 11) is 1.57. The van der Waals surface area contributed by atoms with Gasteiger partial charge < -0.3 is 4.74 Å². The Morgan fingerprint density at radius 1 is 1.71 bits per heavy atom. The van der Waals surface area contributed by atoms with E-state index in [0.717, 1.165) is 6.92 Å². The van der Waals surface area contributed by atoms with Gasteiger partial charge in [0.1, 0.15) is 13.0 Å². The third-order valence-corrected chi connectivity index (χ3v) is 3.26. The smallest absolute Gasteiger partial charge is 0.356 e. The molecule has 0 saturated heterocycles. The maximum Gasteiger partial charge on any atom is 0.356 e. The Bertz CT molecular complexity index is 359. The molecule has 96 valence electrons. The largest absolute Gasteiger partial charge is 0.434 e. The summed E-state index contributed by atoms with van der Waals surface area (Å²) in [5.74, 6) is -1.23. The lowest BCUT2D eigenvalue weighted by Crippen LogP contribution is -2.55. The lowest BCUT2D eigenvalue weighted by molar-refractivity contribution is -0.566. The van der Waals surface area contributed by atoms with Gasteiger partial charge in [0.05, 0.1) is 0 Å². The van der Waals surface area contributed by atoms with E-state index >= 15 is 0 Å². The van der Waals surface area contributed by atoms with Crippen LogP contribution < -0.4 is 5.73 Å². The van der Waals surface area contributed by atoms with Crippen LogP contribution >= 0.6 is 11.6 Å². The molecule has 0 radical (unpaired) electrons. The standard InChI is InChI=1S/C11H16ClF2N2O/c1-4-5-17-10-8(12)6-7(11(2,13)14)9(15)16(10)3/h1,7-9H,5-6,15H2,2-3H3/q+1. The van der Waals surface area contributed by atoms with Gasteiger partial charge in [-0.15, -0.1) is 18.0 Å². The van der Waals surface area contributed by atoms with Gasteiger partial charge in [-0.05, 0) is 13.3 Å². The summed E-state index contributed by atoms with van der Waals surface area (Å²) in [6.07, 6.45) is 4.30. The fourth-order valence-electron chi connectivity index (χ4n) is 1.92. The van der Waals surface area contributed by atoms with E-state index in [1.165, 1.54) is 4.58 Å². The predicted octanol–water partition coefficient (Wildman–Crippen LogP) is 1.24. The summed E-state index contributed by atoms with van der Waals surface area (Å²) in [5.41, 5.74) is 5.77. The molecule has 6 heteroatoms. The van der Waals surface area contributed by atoms with Gasteiger partial charge in [-0.2, -0.15) is 4.58 Å². The van der Waals surface area contributed by atoms with E-state index in [9.17, 15) is 8.78 Å². The van der Waals surface area contributed by atoms with E-state index in [1.54, 1.807) is 7.05 Å². The van der Waals surface area contributed by atoms with Gasteiger partial charge >= 0.3 is 5.90 Å². The lowest BCUT2D eigenvalue weighted by Gasteiger charge is -2.31. The molecule has 2 N–H and O–H groups in total. The van der Waals surface area contributed by atoms with Crippen LogP contribution in [0, 0.1) is 18.3 Å². The second-order valence-electron chi connectivity index (χ2n) is 4.20. The molecule has 0 aromatic heterocycles. The van der Waals surface area contributed by atoms with Crippen LogP contribution in [-0.2, 0) is 4.74 Å². The molecular weight excluding hydrogens is 250 g/mol. The van der Waals surface area contributed by atoms with E-state index < -0.39 is 23.4 Å². The van der Waals surface area contributed by atoms with Crippen molar-refractivity contribution in [3.8, 4) is 12.3 Å². The molecule has 0 saturated carbocycles. The molecule has 3 nitrogen and oxygen atoms in total. The number of halogens is 3. The highest BCUT2D eigenvalue weighted by atomic mass is 35.5. The molecule has 1 heterocycles. The summed E-state index contributed by atoms with van der Waals surface area (Å²) in [5, 5.41) is -0.635. The molecule has 17 heavy (non-hydrogen) atoms. The van der Waals surface area contributed by atoms with Crippen LogP contribution in [0.15, 0.2) is 0 Å².